The molecular formula is C10H16N2O3S. The van der Waals surface area contributed by atoms with Crippen LogP contribution in [0.15, 0.2) is 0 Å². The summed E-state index contributed by atoms with van der Waals surface area (Å²) in [6, 6.07) is 0. The number of thiocarbonyl (C=S) groups is 1. The van der Waals surface area contributed by atoms with Crippen LogP contribution in [0.5, 0.6) is 0 Å². The predicted molar refractivity (Wildman–Crippen MR) is 62.7 cm³/mol. The minimum Gasteiger partial charge on any atom is -0.469 e. The Morgan fingerprint density at radius 1 is 1.56 bits per heavy atom. The van der Waals surface area contributed by atoms with Crippen molar-refractivity contribution >= 4 is 29.1 Å². The Balaban J connectivity index is 2.53. The van der Waals surface area contributed by atoms with Crippen LogP contribution in [0.3, 0.4) is 0 Å². The van der Waals surface area contributed by atoms with Crippen LogP contribution in [-0.2, 0) is 14.3 Å². The number of rotatable bonds is 3. The summed E-state index contributed by atoms with van der Waals surface area (Å²) in [7, 11) is 1.36. The summed E-state index contributed by atoms with van der Waals surface area (Å²) in [5, 5.41) is 0. The SMILES string of the molecule is COC(=O)C1CCCN(C(=O)CC(N)=S)C1. The lowest BCUT2D eigenvalue weighted by Crippen LogP contribution is -2.43. The third-order valence-corrected chi connectivity index (χ3v) is 2.78. The lowest BCUT2D eigenvalue weighted by Gasteiger charge is -2.31. The molecule has 1 unspecified atom stereocenters. The normalized spacial score (nSPS) is 20.3. The predicted octanol–water partition coefficient (Wildman–Crippen LogP) is 0.0742. The summed E-state index contributed by atoms with van der Waals surface area (Å²) in [5.74, 6) is -0.581. The van der Waals surface area contributed by atoms with Crippen LogP contribution in [0.2, 0.25) is 0 Å². The molecule has 0 aromatic rings. The Labute approximate surface area is 99.9 Å². The second-order valence-corrected chi connectivity index (χ2v) is 4.37. The summed E-state index contributed by atoms with van der Waals surface area (Å²) in [4.78, 5) is 24.8. The number of amides is 1. The van der Waals surface area contributed by atoms with Crippen LogP contribution in [0.25, 0.3) is 0 Å². The van der Waals surface area contributed by atoms with Crippen molar-refractivity contribution in [3.63, 3.8) is 0 Å². The second-order valence-electron chi connectivity index (χ2n) is 3.85. The second kappa shape index (κ2) is 5.79. The molecule has 1 fully saturated rings. The number of esters is 1. The van der Waals surface area contributed by atoms with Crippen molar-refractivity contribution in [2.75, 3.05) is 20.2 Å². The number of nitrogens with zero attached hydrogens (tertiary/aromatic N) is 1. The highest BCUT2D eigenvalue weighted by molar-refractivity contribution is 7.80. The topological polar surface area (TPSA) is 72.6 Å². The fourth-order valence-corrected chi connectivity index (χ4v) is 1.95. The van der Waals surface area contributed by atoms with Gasteiger partial charge in [-0.15, -0.1) is 0 Å². The van der Waals surface area contributed by atoms with E-state index in [1.165, 1.54) is 7.11 Å². The third-order valence-electron chi connectivity index (χ3n) is 2.63. The molecule has 0 radical (unpaired) electrons. The van der Waals surface area contributed by atoms with Gasteiger partial charge in [-0.2, -0.15) is 0 Å². The lowest BCUT2D eigenvalue weighted by atomic mass is 9.98. The molecule has 0 saturated carbocycles. The van der Waals surface area contributed by atoms with Gasteiger partial charge in [0.25, 0.3) is 0 Å². The van der Waals surface area contributed by atoms with E-state index in [0.717, 1.165) is 12.8 Å². The van der Waals surface area contributed by atoms with Crippen LogP contribution in [-0.4, -0.2) is 42.0 Å². The van der Waals surface area contributed by atoms with E-state index < -0.39 is 0 Å². The summed E-state index contributed by atoms with van der Waals surface area (Å²) < 4.78 is 4.67. The smallest absolute Gasteiger partial charge is 0.310 e. The Morgan fingerprint density at radius 3 is 2.81 bits per heavy atom. The summed E-state index contributed by atoms with van der Waals surface area (Å²) in [6.45, 7) is 1.07. The molecule has 1 aliphatic rings. The fourth-order valence-electron chi connectivity index (χ4n) is 1.82. The zero-order valence-electron chi connectivity index (χ0n) is 9.27. The lowest BCUT2D eigenvalue weighted by molar-refractivity contribution is -0.148. The first-order chi connectivity index (χ1) is 7.54. The average molecular weight is 244 g/mol. The molecule has 1 aliphatic heterocycles. The van der Waals surface area contributed by atoms with E-state index in [0.29, 0.717) is 13.1 Å². The number of nitrogens with two attached hydrogens (primary N) is 1. The zero-order valence-corrected chi connectivity index (χ0v) is 10.1. The minimum absolute atomic E-state index is 0.0726. The van der Waals surface area contributed by atoms with Gasteiger partial charge < -0.3 is 15.4 Å². The van der Waals surface area contributed by atoms with Crippen molar-refractivity contribution in [2.24, 2.45) is 11.7 Å². The molecule has 0 aromatic heterocycles. The molecule has 0 aromatic carbocycles. The van der Waals surface area contributed by atoms with Gasteiger partial charge >= 0.3 is 5.97 Å². The summed E-state index contributed by atoms with van der Waals surface area (Å²) >= 11 is 4.68. The fraction of sp³-hybridized carbons (Fsp3) is 0.700. The molecule has 16 heavy (non-hydrogen) atoms. The molecule has 1 heterocycles. The molecule has 1 rings (SSSR count). The number of hydrogen-bond donors (Lipinski definition) is 1. The molecule has 90 valence electrons. The van der Waals surface area contributed by atoms with Crippen molar-refractivity contribution in [3.8, 4) is 0 Å². The Bertz CT molecular complexity index is 306. The number of carbonyl (C=O) groups excluding carboxylic acids is 2. The highest BCUT2D eigenvalue weighted by atomic mass is 32.1. The molecular weight excluding hydrogens is 228 g/mol. The van der Waals surface area contributed by atoms with Gasteiger partial charge in [0, 0.05) is 13.1 Å². The van der Waals surface area contributed by atoms with E-state index in [9.17, 15) is 9.59 Å². The number of hydrogen-bond acceptors (Lipinski definition) is 4. The third kappa shape index (κ3) is 3.44. The molecule has 0 aliphatic carbocycles. The number of methoxy groups -OCH3 is 1. The van der Waals surface area contributed by atoms with Crippen LogP contribution in [0.4, 0.5) is 0 Å². The molecule has 6 heteroatoms. The first-order valence-corrected chi connectivity index (χ1v) is 5.59. The summed E-state index contributed by atoms with van der Waals surface area (Å²) in [5.41, 5.74) is 5.31. The maximum atomic E-state index is 11.7. The molecule has 0 spiro atoms. The van der Waals surface area contributed by atoms with E-state index in [2.05, 4.69) is 17.0 Å². The number of carbonyl (C=O) groups is 2. The molecule has 0 bridgehead atoms. The maximum absolute atomic E-state index is 11.7. The zero-order chi connectivity index (χ0) is 12.1. The highest BCUT2D eigenvalue weighted by Gasteiger charge is 2.28. The number of likely N-dealkylation sites (tertiary alicyclic amines) is 1. The average Bonchev–Trinajstić information content (AvgIpc) is 2.27. The van der Waals surface area contributed by atoms with E-state index in [-0.39, 0.29) is 29.2 Å². The van der Waals surface area contributed by atoms with Gasteiger partial charge in [-0.1, -0.05) is 12.2 Å². The van der Waals surface area contributed by atoms with Crippen molar-refractivity contribution in [1.82, 2.24) is 4.90 Å². The van der Waals surface area contributed by atoms with Crippen molar-refractivity contribution in [2.45, 2.75) is 19.3 Å². The van der Waals surface area contributed by atoms with Crippen LogP contribution in [0.1, 0.15) is 19.3 Å². The van der Waals surface area contributed by atoms with E-state index in [1.54, 1.807) is 4.90 Å². The van der Waals surface area contributed by atoms with Gasteiger partial charge in [0.2, 0.25) is 5.91 Å². The Kier molecular flexibility index (Phi) is 4.67. The highest BCUT2D eigenvalue weighted by Crippen LogP contribution is 2.18. The molecule has 2 N–H and O–H groups in total. The van der Waals surface area contributed by atoms with Crippen LogP contribution < -0.4 is 5.73 Å². The van der Waals surface area contributed by atoms with Gasteiger partial charge in [0.15, 0.2) is 0 Å². The molecule has 5 nitrogen and oxygen atoms in total. The van der Waals surface area contributed by atoms with Crippen molar-refractivity contribution in [3.05, 3.63) is 0 Å². The van der Waals surface area contributed by atoms with Gasteiger partial charge in [0.1, 0.15) is 0 Å². The van der Waals surface area contributed by atoms with E-state index in [1.807, 2.05) is 0 Å². The largest absolute Gasteiger partial charge is 0.469 e. The molecule has 1 saturated heterocycles. The molecule has 1 atom stereocenters. The first kappa shape index (κ1) is 12.9. The number of piperidine rings is 1. The van der Waals surface area contributed by atoms with Gasteiger partial charge in [0.05, 0.1) is 24.4 Å². The monoisotopic (exact) mass is 244 g/mol. The number of ether oxygens (including phenoxy) is 1. The van der Waals surface area contributed by atoms with Crippen LogP contribution in [0, 0.1) is 5.92 Å². The quantitative estimate of drug-likeness (QED) is 0.562. The first-order valence-electron chi connectivity index (χ1n) is 5.18. The van der Waals surface area contributed by atoms with Crippen LogP contribution >= 0.6 is 12.2 Å². The maximum Gasteiger partial charge on any atom is 0.310 e. The molecule has 1 amide bonds. The van der Waals surface area contributed by atoms with Gasteiger partial charge in [-0.3, -0.25) is 9.59 Å². The Hall–Kier alpha value is -1.17. The van der Waals surface area contributed by atoms with Crippen molar-refractivity contribution in [1.29, 1.82) is 0 Å². The standard InChI is InChI=1S/C10H16N2O3S/c1-15-10(14)7-3-2-4-12(6-7)9(13)5-8(11)16/h7H,2-6H2,1H3,(H2,11,16). The van der Waals surface area contributed by atoms with Crippen molar-refractivity contribution < 1.29 is 14.3 Å². The van der Waals surface area contributed by atoms with Gasteiger partial charge in [-0.05, 0) is 12.8 Å². The minimum atomic E-state index is -0.257. The van der Waals surface area contributed by atoms with Gasteiger partial charge in [-0.25, -0.2) is 0 Å². The van der Waals surface area contributed by atoms with E-state index >= 15 is 0 Å². The summed E-state index contributed by atoms with van der Waals surface area (Å²) in [6.07, 6.45) is 1.65. The Morgan fingerprint density at radius 2 is 2.25 bits per heavy atom. The van der Waals surface area contributed by atoms with E-state index in [4.69, 9.17) is 5.73 Å².